The molecular formula is C14H11F2N5OS2. The van der Waals surface area contributed by atoms with Crippen LogP contribution in [0.25, 0.3) is 11.3 Å². The molecule has 0 saturated heterocycles. The number of thiazole rings is 1. The van der Waals surface area contributed by atoms with Crippen molar-refractivity contribution in [3.8, 4) is 11.3 Å². The summed E-state index contributed by atoms with van der Waals surface area (Å²) in [7, 11) is 1.78. The van der Waals surface area contributed by atoms with E-state index in [2.05, 4.69) is 20.5 Å². The van der Waals surface area contributed by atoms with Crippen LogP contribution >= 0.6 is 23.1 Å². The minimum Gasteiger partial charge on any atom is -0.312 e. The summed E-state index contributed by atoms with van der Waals surface area (Å²) in [5, 5.41) is 12.7. The molecule has 0 saturated carbocycles. The Morgan fingerprint density at radius 1 is 1.42 bits per heavy atom. The highest BCUT2D eigenvalue weighted by atomic mass is 32.2. The van der Waals surface area contributed by atoms with Crippen LogP contribution in [0.15, 0.2) is 35.1 Å². The lowest BCUT2D eigenvalue weighted by molar-refractivity contribution is -0.113. The van der Waals surface area contributed by atoms with Crippen molar-refractivity contribution < 1.29 is 13.6 Å². The molecule has 0 aliphatic heterocycles. The monoisotopic (exact) mass is 367 g/mol. The molecule has 0 spiro atoms. The minimum absolute atomic E-state index is 0.0557. The number of anilines is 1. The molecule has 10 heteroatoms. The van der Waals surface area contributed by atoms with Crippen molar-refractivity contribution in [2.75, 3.05) is 11.1 Å². The maximum absolute atomic E-state index is 13.7. The van der Waals surface area contributed by atoms with Gasteiger partial charge in [0.05, 0.1) is 11.4 Å². The first-order valence-electron chi connectivity index (χ1n) is 6.70. The number of hydrogen-bond acceptors (Lipinski definition) is 6. The van der Waals surface area contributed by atoms with Crippen LogP contribution in [0, 0.1) is 11.6 Å². The van der Waals surface area contributed by atoms with Crippen molar-refractivity contribution in [3.63, 3.8) is 0 Å². The summed E-state index contributed by atoms with van der Waals surface area (Å²) in [6.45, 7) is 0. The smallest absolute Gasteiger partial charge is 0.236 e. The molecule has 2 heterocycles. The third-order valence-corrected chi connectivity index (χ3v) is 4.75. The summed E-state index contributed by atoms with van der Waals surface area (Å²) in [6, 6.07) is 3.15. The molecule has 2 aromatic heterocycles. The fourth-order valence-electron chi connectivity index (χ4n) is 1.84. The number of carbonyl (C=O) groups excluding carboxylic acids is 1. The van der Waals surface area contributed by atoms with E-state index >= 15 is 0 Å². The molecule has 0 aliphatic rings. The van der Waals surface area contributed by atoms with Crippen molar-refractivity contribution in [1.29, 1.82) is 0 Å². The molecule has 0 aliphatic carbocycles. The molecule has 0 radical (unpaired) electrons. The summed E-state index contributed by atoms with van der Waals surface area (Å²) in [5.74, 6) is -1.26. The van der Waals surface area contributed by atoms with Gasteiger partial charge >= 0.3 is 0 Å². The summed E-state index contributed by atoms with van der Waals surface area (Å²) >= 11 is 2.37. The third-order valence-electron chi connectivity index (χ3n) is 2.96. The van der Waals surface area contributed by atoms with E-state index in [0.29, 0.717) is 10.3 Å². The zero-order chi connectivity index (χ0) is 17.1. The van der Waals surface area contributed by atoms with Crippen molar-refractivity contribution in [1.82, 2.24) is 19.7 Å². The lowest BCUT2D eigenvalue weighted by atomic mass is 10.1. The molecule has 0 atom stereocenters. The maximum atomic E-state index is 13.7. The number of amides is 1. The topological polar surface area (TPSA) is 72.7 Å². The average Bonchev–Trinajstić information content (AvgIpc) is 3.17. The van der Waals surface area contributed by atoms with E-state index in [1.54, 1.807) is 23.3 Å². The lowest BCUT2D eigenvalue weighted by Gasteiger charge is -2.02. The molecule has 1 N–H and O–H groups in total. The van der Waals surface area contributed by atoms with E-state index in [1.807, 2.05) is 0 Å². The van der Waals surface area contributed by atoms with E-state index in [-0.39, 0.29) is 22.9 Å². The normalized spacial score (nSPS) is 10.8. The van der Waals surface area contributed by atoms with Gasteiger partial charge in [-0.25, -0.2) is 13.8 Å². The highest BCUT2D eigenvalue weighted by molar-refractivity contribution is 7.99. The zero-order valence-corrected chi connectivity index (χ0v) is 14.0. The van der Waals surface area contributed by atoms with Crippen LogP contribution < -0.4 is 5.32 Å². The largest absolute Gasteiger partial charge is 0.312 e. The number of benzene rings is 1. The molecule has 1 aromatic carbocycles. The SMILES string of the molecule is Cn1cnnc1SCC(=O)Nc1nc(-c2cc(F)ccc2F)cs1. The third kappa shape index (κ3) is 3.77. The van der Waals surface area contributed by atoms with Gasteiger partial charge in [0, 0.05) is 18.0 Å². The Morgan fingerprint density at radius 2 is 2.25 bits per heavy atom. The number of aryl methyl sites for hydroxylation is 1. The van der Waals surface area contributed by atoms with Gasteiger partial charge in [0.2, 0.25) is 5.91 Å². The Labute approximate surface area is 143 Å². The fraction of sp³-hybridized carbons (Fsp3) is 0.143. The number of aromatic nitrogens is 4. The number of nitrogens with zero attached hydrogens (tertiary/aromatic N) is 4. The van der Waals surface area contributed by atoms with E-state index in [9.17, 15) is 13.6 Å². The molecular weight excluding hydrogens is 356 g/mol. The van der Waals surface area contributed by atoms with Gasteiger partial charge in [-0.3, -0.25) is 4.79 Å². The summed E-state index contributed by atoms with van der Waals surface area (Å²) in [5.41, 5.74) is 0.327. The minimum atomic E-state index is -0.572. The first kappa shape index (κ1) is 16.5. The summed E-state index contributed by atoms with van der Waals surface area (Å²) in [4.78, 5) is 16.1. The highest BCUT2D eigenvalue weighted by Gasteiger charge is 2.13. The van der Waals surface area contributed by atoms with Crippen LogP contribution in [0.3, 0.4) is 0 Å². The second-order valence-electron chi connectivity index (χ2n) is 4.72. The standard InChI is InChI=1S/C14H11F2N5OS2/c1-21-7-17-20-14(21)24-6-12(22)19-13-18-11(5-23-13)9-4-8(15)2-3-10(9)16/h2-5,7H,6H2,1H3,(H,18,19,22). The van der Waals surface area contributed by atoms with Gasteiger partial charge in [-0.1, -0.05) is 11.8 Å². The second-order valence-corrected chi connectivity index (χ2v) is 6.52. The molecule has 0 bridgehead atoms. The Balaban J connectivity index is 1.64. The molecule has 0 fully saturated rings. The average molecular weight is 367 g/mol. The van der Waals surface area contributed by atoms with Crippen LogP contribution in [0.4, 0.5) is 13.9 Å². The molecule has 0 unspecified atom stereocenters. The first-order chi connectivity index (χ1) is 11.5. The van der Waals surface area contributed by atoms with Crippen LogP contribution in [0.2, 0.25) is 0 Å². The van der Waals surface area contributed by atoms with Gasteiger partial charge in [0.1, 0.15) is 18.0 Å². The van der Waals surface area contributed by atoms with Crippen LogP contribution in [-0.2, 0) is 11.8 Å². The van der Waals surface area contributed by atoms with Crippen LogP contribution in [-0.4, -0.2) is 31.4 Å². The maximum Gasteiger partial charge on any atom is 0.236 e. The van der Waals surface area contributed by atoms with Crippen molar-refractivity contribution in [3.05, 3.63) is 41.5 Å². The van der Waals surface area contributed by atoms with Gasteiger partial charge in [0.25, 0.3) is 0 Å². The van der Waals surface area contributed by atoms with Gasteiger partial charge in [0.15, 0.2) is 10.3 Å². The molecule has 124 valence electrons. The first-order valence-corrected chi connectivity index (χ1v) is 8.57. The number of rotatable bonds is 5. The van der Waals surface area contributed by atoms with Gasteiger partial charge in [-0.05, 0) is 18.2 Å². The van der Waals surface area contributed by atoms with E-state index in [4.69, 9.17) is 0 Å². The Kier molecular flexibility index (Phi) is 4.86. The van der Waals surface area contributed by atoms with Gasteiger partial charge < -0.3 is 9.88 Å². The molecule has 1 amide bonds. The number of thioether (sulfide) groups is 1. The zero-order valence-electron chi connectivity index (χ0n) is 12.4. The van der Waals surface area contributed by atoms with E-state index in [0.717, 1.165) is 29.5 Å². The Bertz CT molecular complexity index is 880. The molecule has 24 heavy (non-hydrogen) atoms. The Hall–Kier alpha value is -2.33. The van der Waals surface area contributed by atoms with Crippen molar-refractivity contribution in [2.24, 2.45) is 7.05 Å². The summed E-state index contributed by atoms with van der Waals surface area (Å²) < 4.78 is 28.7. The Morgan fingerprint density at radius 3 is 3.00 bits per heavy atom. The number of carbonyl (C=O) groups is 1. The molecule has 6 nitrogen and oxygen atoms in total. The lowest BCUT2D eigenvalue weighted by Crippen LogP contribution is -2.14. The van der Waals surface area contributed by atoms with Crippen molar-refractivity contribution in [2.45, 2.75) is 5.16 Å². The predicted octanol–water partition coefficient (Wildman–Crippen LogP) is 2.95. The van der Waals surface area contributed by atoms with Crippen molar-refractivity contribution >= 4 is 34.1 Å². The van der Waals surface area contributed by atoms with Crippen LogP contribution in [0.1, 0.15) is 0 Å². The molecule has 3 rings (SSSR count). The predicted molar refractivity (Wildman–Crippen MR) is 87.8 cm³/mol. The number of nitrogens with one attached hydrogen (secondary N) is 1. The van der Waals surface area contributed by atoms with Gasteiger partial charge in [-0.15, -0.1) is 21.5 Å². The summed E-state index contributed by atoms with van der Waals surface area (Å²) in [6.07, 6.45) is 1.54. The fourth-order valence-corrected chi connectivity index (χ4v) is 3.25. The second kappa shape index (κ2) is 7.05. The van der Waals surface area contributed by atoms with E-state index < -0.39 is 11.6 Å². The highest BCUT2D eigenvalue weighted by Crippen LogP contribution is 2.27. The van der Waals surface area contributed by atoms with Gasteiger partial charge in [-0.2, -0.15) is 0 Å². The number of halogens is 2. The van der Waals surface area contributed by atoms with E-state index in [1.165, 1.54) is 11.8 Å². The number of hydrogen-bond donors (Lipinski definition) is 1. The quantitative estimate of drug-likeness (QED) is 0.702. The van der Waals surface area contributed by atoms with Crippen LogP contribution in [0.5, 0.6) is 0 Å². The molecule has 3 aromatic rings.